The van der Waals surface area contributed by atoms with Gasteiger partial charge in [-0.1, -0.05) is 6.07 Å². The molecule has 2 aromatic rings. The van der Waals surface area contributed by atoms with E-state index in [-0.39, 0.29) is 17.8 Å². The Morgan fingerprint density at radius 1 is 1.57 bits per heavy atom. The second-order valence-electron chi connectivity index (χ2n) is 5.23. The van der Waals surface area contributed by atoms with Crippen LogP contribution in [0.5, 0.6) is 0 Å². The maximum Gasteiger partial charge on any atom is 0.407 e. The Morgan fingerprint density at radius 3 is 2.87 bits per heavy atom. The van der Waals surface area contributed by atoms with Gasteiger partial charge in [-0.2, -0.15) is 0 Å². The SMILES string of the molecule is CC(C(N)=O)(c1ccc(-n2ncnn2)c(F)c1)C1CNC(=O)O1. The average molecular weight is 320 g/mol. The number of nitrogens with two attached hydrogens (primary N) is 1. The molecule has 9 nitrogen and oxygen atoms in total. The number of tetrazole rings is 1. The molecular formula is C13H13FN6O3. The number of ether oxygens (including phenoxy) is 1. The van der Waals surface area contributed by atoms with Gasteiger partial charge in [-0.05, 0) is 29.8 Å². The molecule has 2 atom stereocenters. The fourth-order valence-corrected chi connectivity index (χ4v) is 2.47. The number of hydrogen-bond donors (Lipinski definition) is 2. The Labute approximate surface area is 129 Å². The number of aromatic nitrogens is 4. The van der Waals surface area contributed by atoms with E-state index in [9.17, 15) is 14.0 Å². The summed E-state index contributed by atoms with van der Waals surface area (Å²) in [6.45, 7) is 1.61. The van der Waals surface area contributed by atoms with Crippen molar-refractivity contribution in [3.63, 3.8) is 0 Å². The van der Waals surface area contributed by atoms with E-state index in [1.165, 1.54) is 25.4 Å². The lowest BCUT2D eigenvalue weighted by Crippen LogP contribution is -2.49. The zero-order valence-electron chi connectivity index (χ0n) is 12.1. The third-order valence-electron chi connectivity index (χ3n) is 3.95. The number of nitrogens with one attached hydrogen (secondary N) is 1. The van der Waals surface area contributed by atoms with E-state index in [0.29, 0.717) is 0 Å². The number of alkyl carbamates (subject to hydrolysis) is 1. The Balaban J connectivity index is 2.02. The molecule has 1 aromatic carbocycles. The Kier molecular flexibility index (Phi) is 3.43. The molecule has 0 bridgehead atoms. The first-order valence-corrected chi connectivity index (χ1v) is 6.70. The molecule has 1 aliphatic heterocycles. The molecule has 10 heteroatoms. The molecule has 2 unspecified atom stereocenters. The van der Waals surface area contributed by atoms with Crippen molar-refractivity contribution in [3.8, 4) is 5.69 Å². The predicted octanol–water partition coefficient (Wildman–Crippen LogP) is -0.347. The van der Waals surface area contributed by atoms with E-state index < -0.39 is 29.3 Å². The first-order valence-electron chi connectivity index (χ1n) is 6.70. The number of carbonyl (C=O) groups is 2. The van der Waals surface area contributed by atoms with Gasteiger partial charge in [0.1, 0.15) is 17.2 Å². The van der Waals surface area contributed by atoms with Gasteiger partial charge in [-0.25, -0.2) is 9.18 Å². The lowest BCUT2D eigenvalue weighted by atomic mass is 9.76. The van der Waals surface area contributed by atoms with Crippen LogP contribution >= 0.6 is 0 Å². The van der Waals surface area contributed by atoms with Gasteiger partial charge >= 0.3 is 6.09 Å². The Hall–Kier alpha value is -3.04. The molecule has 2 amide bonds. The predicted molar refractivity (Wildman–Crippen MR) is 73.9 cm³/mol. The summed E-state index contributed by atoms with van der Waals surface area (Å²) in [5.41, 5.74) is 4.46. The maximum absolute atomic E-state index is 14.4. The fraction of sp³-hybridized carbons (Fsp3) is 0.308. The van der Waals surface area contributed by atoms with Crippen molar-refractivity contribution in [2.24, 2.45) is 5.73 Å². The average Bonchev–Trinajstić information content (AvgIpc) is 3.17. The molecule has 3 N–H and O–H groups in total. The van der Waals surface area contributed by atoms with Gasteiger partial charge < -0.3 is 15.8 Å². The lowest BCUT2D eigenvalue weighted by molar-refractivity contribution is -0.126. The van der Waals surface area contributed by atoms with Crippen LogP contribution < -0.4 is 11.1 Å². The molecule has 120 valence electrons. The largest absolute Gasteiger partial charge is 0.443 e. The summed E-state index contributed by atoms with van der Waals surface area (Å²) in [5.74, 6) is -1.39. The highest BCUT2D eigenvalue weighted by atomic mass is 19.1. The second kappa shape index (κ2) is 5.30. The Morgan fingerprint density at radius 2 is 2.35 bits per heavy atom. The van der Waals surface area contributed by atoms with Crippen molar-refractivity contribution >= 4 is 12.0 Å². The Bertz CT molecular complexity index is 765. The number of benzene rings is 1. The molecule has 1 saturated heterocycles. The standard InChI is InChI=1S/C13H13FN6O3/c1-13(11(15)21,10-5-16-12(22)23-10)7-2-3-9(8(14)4-7)20-18-6-17-19-20/h2-4,6,10H,5H2,1H3,(H2,15,21)(H,16,22). The van der Waals surface area contributed by atoms with E-state index >= 15 is 0 Å². The third-order valence-corrected chi connectivity index (χ3v) is 3.95. The third kappa shape index (κ3) is 2.37. The molecule has 1 aromatic heterocycles. The molecule has 23 heavy (non-hydrogen) atoms. The van der Waals surface area contributed by atoms with Gasteiger partial charge in [0.2, 0.25) is 5.91 Å². The number of amides is 2. The number of hydrogen-bond acceptors (Lipinski definition) is 6. The van der Waals surface area contributed by atoms with Crippen LogP contribution in [0.1, 0.15) is 12.5 Å². The van der Waals surface area contributed by atoms with Crippen LogP contribution in [0.15, 0.2) is 24.5 Å². The molecule has 2 heterocycles. The second-order valence-corrected chi connectivity index (χ2v) is 5.23. The summed E-state index contributed by atoms with van der Waals surface area (Å²) in [4.78, 5) is 24.2. The van der Waals surface area contributed by atoms with Crippen LogP contribution in [-0.2, 0) is 14.9 Å². The summed E-state index contributed by atoms with van der Waals surface area (Å²) in [5, 5.41) is 13.3. The molecule has 0 spiro atoms. The van der Waals surface area contributed by atoms with Gasteiger partial charge in [0.25, 0.3) is 0 Å². The van der Waals surface area contributed by atoms with Crippen molar-refractivity contribution in [1.82, 2.24) is 25.5 Å². The van der Waals surface area contributed by atoms with Crippen molar-refractivity contribution in [3.05, 3.63) is 35.9 Å². The molecule has 0 saturated carbocycles. The van der Waals surface area contributed by atoms with Crippen LogP contribution in [0.3, 0.4) is 0 Å². The number of rotatable bonds is 4. The van der Waals surface area contributed by atoms with Gasteiger partial charge in [-0.3, -0.25) is 4.79 Å². The summed E-state index contributed by atoms with van der Waals surface area (Å²) in [7, 11) is 0. The van der Waals surface area contributed by atoms with Gasteiger partial charge in [0, 0.05) is 0 Å². The summed E-state index contributed by atoms with van der Waals surface area (Å²) in [6.07, 6.45) is -0.307. The number of carbonyl (C=O) groups excluding carboxylic acids is 2. The van der Waals surface area contributed by atoms with Gasteiger partial charge in [0.05, 0.1) is 6.54 Å². The molecular weight excluding hydrogens is 307 g/mol. The van der Waals surface area contributed by atoms with E-state index in [0.717, 1.165) is 10.9 Å². The van der Waals surface area contributed by atoms with Gasteiger partial charge in [-0.15, -0.1) is 15.0 Å². The highest BCUT2D eigenvalue weighted by Crippen LogP contribution is 2.32. The summed E-state index contributed by atoms with van der Waals surface area (Å²) in [6, 6.07) is 4.06. The smallest absolute Gasteiger partial charge is 0.407 e. The van der Waals surface area contributed by atoms with E-state index in [2.05, 4.69) is 20.7 Å². The first kappa shape index (κ1) is 14.9. The number of halogens is 1. The molecule has 0 radical (unpaired) electrons. The van der Waals surface area contributed by atoms with E-state index in [4.69, 9.17) is 10.5 Å². The fourth-order valence-electron chi connectivity index (χ4n) is 2.47. The van der Waals surface area contributed by atoms with Crippen LogP contribution in [0.2, 0.25) is 0 Å². The van der Waals surface area contributed by atoms with Crippen LogP contribution in [0, 0.1) is 5.82 Å². The highest BCUT2D eigenvalue weighted by Gasteiger charge is 2.47. The maximum atomic E-state index is 14.4. The quantitative estimate of drug-likeness (QED) is 0.793. The van der Waals surface area contributed by atoms with E-state index in [1.807, 2.05) is 0 Å². The first-order chi connectivity index (χ1) is 10.9. The minimum Gasteiger partial charge on any atom is -0.443 e. The summed E-state index contributed by atoms with van der Waals surface area (Å²) < 4.78 is 19.4. The highest BCUT2D eigenvalue weighted by molar-refractivity contribution is 5.88. The zero-order valence-corrected chi connectivity index (χ0v) is 12.1. The van der Waals surface area contributed by atoms with Crippen LogP contribution in [0.25, 0.3) is 5.69 Å². The minimum atomic E-state index is -1.38. The monoisotopic (exact) mass is 320 g/mol. The van der Waals surface area contributed by atoms with Crippen molar-refractivity contribution < 1.29 is 18.7 Å². The normalized spacial score (nSPS) is 19.7. The topological polar surface area (TPSA) is 125 Å². The number of primary amides is 1. The molecule has 1 fully saturated rings. The van der Waals surface area contributed by atoms with Crippen LogP contribution in [0.4, 0.5) is 9.18 Å². The van der Waals surface area contributed by atoms with Crippen LogP contribution in [-0.4, -0.2) is 44.9 Å². The molecule has 0 aliphatic carbocycles. The van der Waals surface area contributed by atoms with Crippen molar-refractivity contribution in [2.75, 3.05) is 6.54 Å². The van der Waals surface area contributed by atoms with Crippen molar-refractivity contribution in [2.45, 2.75) is 18.4 Å². The molecule has 3 rings (SSSR count). The lowest BCUT2D eigenvalue weighted by Gasteiger charge is -2.31. The molecule has 1 aliphatic rings. The van der Waals surface area contributed by atoms with Gasteiger partial charge in [0.15, 0.2) is 12.1 Å². The number of nitrogens with zero attached hydrogens (tertiary/aromatic N) is 4. The van der Waals surface area contributed by atoms with E-state index in [1.54, 1.807) is 0 Å². The number of cyclic esters (lactones) is 1. The minimum absolute atomic E-state index is 0.0691. The zero-order chi connectivity index (χ0) is 16.6. The summed E-state index contributed by atoms with van der Waals surface area (Å²) >= 11 is 0. The van der Waals surface area contributed by atoms with Crippen molar-refractivity contribution in [1.29, 1.82) is 0 Å².